The molecule has 1 aliphatic heterocycles. The number of ether oxygens (including phenoxy) is 1. The maximum Gasteiger partial charge on any atom is 0.533 e. The minimum Gasteiger partial charge on any atom is -0.510 e. The van der Waals surface area contributed by atoms with Crippen LogP contribution in [0.3, 0.4) is 0 Å². The molecule has 1 unspecified atom stereocenters. The second-order valence-electron chi connectivity index (χ2n) is 3.96. The van der Waals surface area contributed by atoms with Crippen LogP contribution in [0.25, 0.3) is 0 Å². The molecule has 1 N–H and O–H groups in total. The van der Waals surface area contributed by atoms with E-state index in [4.69, 9.17) is 4.74 Å². The Morgan fingerprint density at radius 1 is 1.44 bits per heavy atom. The molecule has 0 radical (unpaired) electrons. The summed E-state index contributed by atoms with van der Waals surface area (Å²) in [6.45, 7) is 3.64. The van der Waals surface area contributed by atoms with Gasteiger partial charge in [-0.15, -0.1) is 13.2 Å². The van der Waals surface area contributed by atoms with Gasteiger partial charge >= 0.3 is 6.36 Å². The van der Waals surface area contributed by atoms with E-state index in [-0.39, 0.29) is 36.0 Å². The summed E-state index contributed by atoms with van der Waals surface area (Å²) in [6, 6.07) is 0. The van der Waals surface area contributed by atoms with E-state index in [1.54, 1.807) is 0 Å². The molecule has 0 amide bonds. The molecule has 0 spiro atoms. The smallest absolute Gasteiger partial charge is 0.510 e. The van der Waals surface area contributed by atoms with Crippen molar-refractivity contribution < 1.29 is 27.2 Å². The fraction of sp³-hybridized carbons (Fsp3) is 0.700. The van der Waals surface area contributed by atoms with E-state index in [2.05, 4.69) is 9.18 Å². The van der Waals surface area contributed by atoms with Gasteiger partial charge in [0.05, 0.1) is 12.8 Å². The summed E-state index contributed by atoms with van der Waals surface area (Å²) in [5, 5.41) is 8.91. The van der Waals surface area contributed by atoms with Crippen LogP contribution in [0.4, 0.5) is 13.2 Å². The van der Waals surface area contributed by atoms with Crippen molar-refractivity contribution in [1.29, 1.82) is 0 Å². The molecule has 18 heavy (non-hydrogen) atoms. The number of nitrogens with zero attached hydrogens (tertiary/aromatic N) is 1. The van der Waals surface area contributed by atoms with Crippen molar-refractivity contribution in [3.05, 3.63) is 11.5 Å². The Morgan fingerprint density at radius 2 is 2.06 bits per heavy atom. The normalized spacial score (nSPS) is 21.3. The molecule has 1 rings (SSSR count). The predicted molar refractivity (Wildman–Crippen MR) is 62.1 cm³/mol. The molecule has 0 saturated carbocycles. The van der Waals surface area contributed by atoms with Gasteiger partial charge in [0.25, 0.3) is 0 Å². The number of aliphatic imine (C=N–C) groups is 1. The molecule has 104 valence electrons. The van der Waals surface area contributed by atoms with E-state index in [1.165, 1.54) is 7.11 Å². The zero-order valence-electron chi connectivity index (χ0n) is 10.1. The molecule has 0 aromatic carbocycles. The second kappa shape index (κ2) is 5.83. The van der Waals surface area contributed by atoms with Crippen LogP contribution in [0.2, 0.25) is 0 Å². The highest BCUT2D eigenvalue weighted by atomic mass is 32.2. The first kappa shape index (κ1) is 15.2. The van der Waals surface area contributed by atoms with Crippen molar-refractivity contribution in [3.8, 4) is 0 Å². The SMILES string of the molecule is COC1=NC(C(C)C)=C(O)CC1SOC(F)(F)F. The van der Waals surface area contributed by atoms with Crippen molar-refractivity contribution in [1.82, 2.24) is 0 Å². The Morgan fingerprint density at radius 3 is 2.50 bits per heavy atom. The molecule has 0 fully saturated rings. The molecular formula is C10H14F3NO3S. The highest BCUT2D eigenvalue weighted by Gasteiger charge is 2.35. The number of methoxy groups -OCH3 is 1. The van der Waals surface area contributed by atoms with Crippen molar-refractivity contribution >= 4 is 17.9 Å². The Balaban J connectivity index is 2.78. The average Bonchev–Trinajstić information content (AvgIpc) is 2.24. The van der Waals surface area contributed by atoms with Gasteiger partial charge in [-0.1, -0.05) is 13.8 Å². The van der Waals surface area contributed by atoms with Crippen LogP contribution in [0, 0.1) is 5.92 Å². The third kappa shape index (κ3) is 4.09. The zero-order valence-corrected chi connectivity index (χ0v) is 10.9. The van der Waals surface area contributed by atoms with Gasteiger partial charge in [0, 0.05) is 18.5 Å². The monoisotopic (exact) mass is 285 g/mol. The Kier molecular flexibility index (Phi) is 4.92. The number of aliphatic hydroxyl groups excluding tert-OH is 1. The molecule has 0 aromatic rings. The summed E-state index contributed by atoms with van der Waals surface area (Å²) in [6.07, 6.45) is -4.73. The standard InChI is InChI=1S/C10H14F3NO3S/c1-5(2)8-6(15)4-7(9(14-8)16-3)18-17-10(11,12)13/h5,7,15H,4H2,1-3H3. The molecule has 1 heterocycles. The van der Waals surface area contributed by atoms with Crippen LogP contribution in [0.1, 0.15) is 20.3 Å². The largest absolute Gasteiger partial charge is 0.533 e. The minimum absolute atomic E-state index is 0.000926. The number of allylic oxidation sites excluding steroid dienone is 2. The molecular weight excluding hydrogens is 271 g/mol. The van der Waals surface area contributed by atoms with E-state index in [1.807, 2.05) is 13.8 Å². The molecule has 0 saturated heterocycles. The quantitative estimate of drug-likeness (QED) is 0.807. The highest BCUT2D eigenvalue weighted by Crippen LogP contribution is 2.34. The Labute approximate surface area is 107 Å². The third-order valence-electron chi connectivity index (χ3n) is 2.20. The highest BCUT2D eigenvalue weighted by molar-refractivity contribution is 7.96. The maximum absolute atomic E-state index is 11.9. The lowest BCUT2D eigenvalue weighted by Gasteiger charge is -2.23. The predicted octanol–water partition coefficient (Wildman–Crippen LogP) is 3.41. The van der Waals surface area contributed by atoms with Gasteiger partial charge < -0.3 is 9.84 Å². The number of alkyl halides is 3. The van der Waals surface area contributed by atoms with E-state index in [0.29, 0.717) is 5.70 Å². The van der Waals surface area contributed by atoms with Crippen LogP contribution >= 0.6 is 12.0 Å². The Bertz CT molecular complexity index is 366. The van der Waals surface area contributed by atoms with Gasteiger partial charge in [0.2, 0.25) is 5.90 Å². The van der Waals surface area contributed by atoms with Crippen LogP contribution in [0.5, 0.6) is 0 Å². The lowest BCUT2D eigenvalue weighted by Crippen LogP contribution is -2.27. The first-order valence-corrected chi connectivity index (χ1v) is 6.01. The van der Waals surface area contributed by atoms with Crippen LogP contribution in [-0.4, -0.2) is 29.7 Å². The lowest BCUT2D eigenvalue weighted by molar-refractivity contribution is -0.267. The lowest BCUT2D eigenvalue weighted by atomic mass is 10.0. The summed E-state index contributed by atoms with van der Waals surface area (Å²) >= 11 is 0.180. The number of hydrogen-bond acceptors (Lipinski definition) is 5. The van der Waals surface area contributed by atoms with Crippen molar-refractivity contribution in [2.75, 3.05) is 7.11 Å². The fourth-order valence-electron chi connectivity index (χ4n) is 1.45. The van der Waals surface area contributed by atoms with Crippen molar-refractivity contribution in [3.63, 3.8) is 0 Å². The first-order valence-electron chi connectivity index (χ1n) is 5.20. The molecule has 0 aromatic heterocycles. The topological polar surface area (TPSA) is 51.0 Å². The van der Waals surface area contributed by atoms with E-state index < -0.39 is 11.6 Å². The van der Waals surface area contributed by atoms with Gasteiger partial charge in [0.1, 0.15) is 11.0 Å². The first-order chi connectivity index (χ1) is 8.24. The zero-order chi connectivity index (χ0) is 13.9. The van der Waals surface area contributed by atoms with Gasteiger partial charge in [0.15, 0.2) is 0 Å². The summed E-state index contributed by atoms with van der Waals surface area (Å²) in [5.74, 6) is 0.0458. The summed E-state index contributed by atoms with van der Waals surface area (Å²) in [4.78, 5) is 4.02. The van der Waals surface area contributed by atoms with Gasteiger partial charge in [-0.25, -0.2) is 9.18 Å². The fourth-order valence-corrected chi connectivity index (χ4v) is 2.13. The van der Waals surface area contributed by atoms with Gasteiger partial charge in [-0.3, -0.25) is 0 Å². The third-order valence-corrected chi connectivity index (χ3v) is 3.08. The van der Waals surface area contributed by atoms with Gasteiger partial charge in [-0.2, -0.15) is 0 Å². The van der Waals surface area contributed by atoms with Crippen LogP contribution < -0.4 is 0 Å². The molecule has 0 aliphatic carbocycles. The molecule has 1 aliphatic rings. The number of aliphatic hydroxyl groups is 1. The summed E-state index contributed by atoms with van der Waals surface area (Å²) in [5.41, 5.74) is 0.427. The van der Waals surface area contributed by atoms with E-state index >= 15 is 0 Å². The molecule has 8 heteroatoms. The second-order valence-corrected chi connectivity index (χ2v) is 4.89. The van der Waals surface area contributed by atoms with Gasteiger partial charge in [-0.05, 0) is 5.92 Å². The number of halogens is 3. The molecule has 1 atom stereocenters. The summed E-state index contributed by atoms with van der Waals surface area (Å²) < 4.78 is 44.4. The minimum atomic E-state index is -4.73. The van der Waals surface area contributed by atoms with Crippen LogP contribution in [-0.2, 0) is 8.92 Å². The summed E-state index contributed by atoms with van der Waals surface area (Å²) in [7, 11) is 1.32. The van der Waals surface area contributed by atoms with Crippen LogP contribution in [0.15, 0.2) is 16.4 Å². The van der Waals surface area contributed by atoms with E-state index in [0.717, 1.165) is 0 Å². The number of rotatable bonds is 3. The average molecular weight is 285 g/mol. The van der Waals surface area contributed by atoms with Crippen molar-refractivity contribution in [2.45, 2.75) is 31.9 Å². The Hall–Kier alpha value is -0.890. The molecule has 4 nitrogen and oxygen atoms in total. The number of hydrogen-bond donors (Lipinski definition) is 1. The maximum atomic E-state index is 11.9. The van der Waals surface area contributed by atoms with E-state index in [9.17, 15) is 18.3 Å². The van der Waals surface area contributed by atoms with Crippen molar-refractivity contribution in [2.24, 2.45) is 10.9 Å². The molecule has 0 bridgehead atoms.